The molecule has 1 N–H and O–H groups in total. The Morgan fingerprint density at radius 1 is 1.38 bits per heavy atom. The van der Waals surface area contributed by atoms with E-state index in [4.69, 9.17) is 11.6 Å². The molecule has 1 aromatic heterocycles. The van der Waals surface area contributed by atoms with Crippen LogP contribution in [0, 0.1) is 12.7 Å². The van der Waals surface area contributed by atoms with Gasteiger partial charge in [-0.05, 0) is 24.4 Å². The Balaban J connectivity index is 2.45. The van der Waals surface area contributed by atoms with Crippen molar-refractivity contribution in [1.29, 1.82) is 0 Å². The maximum absolute atomic E-state index is 13.5. The Kier molecular flexibility index (Phi) is 3.28. The van der Waals surface area contributed by atoms with E-state index >= 15 is 0 Å². The molecule has 2 rings (SSSR count). The topological polar surface area (TPSA) is 20.2 Å². The Hall–Kier alpha value is -0.900. The summed E-state index contributed by atoms with van der Waals surface area (Å²) >= 11 is 7.22. The zero-order valence-electron chi connectivity index (χ0n) is 8.58. The summed E-state index contributed by atoms with van der Waals surface area (Å²) in [6.07, 6.45) is -0.993. The zero-order chi connectivity index (χ0) is 11.7. The molecular weight excluding hydrogens is 247 g/mol. The van der Waals surface area contributed by atoms with Crippen molar-refractivity contribution in [3.05, 3.63) is 56.5 Å². The number of hydrogen-bond acceptors (Lipinski definition) is 2. The van der Waals surface area contributed by atoms with Crippen LogP contribution in [0.1, 0.15) is 22.1 Å². The van der Waals surface area contributed by atoms with Crippen molar-refractivity contribution in [2.75, 3.05) is 0 Å². The molecule has 0 aliphatic rings. The van der Waals surface area contributed by atoms with Gasteiger partial charge in [-0.15, -0.1) is 11.3 Å². The van der Waals surface area contributed by atoms with E-state index in [9.17, 15) is 9.50 Å². The standard InChI is InChI=1S/C12H10ClFOS/c1-7-2-3-10(14)8(6-7)11(15)12-9(13)4-5-16-12/h2-6,11,15H,1H3. The average Bonchev–Trinajstić information content (AvgIpc) is 2.67. The number of aliphatic hydroxyl groups is 1. The SMILES string of the molecule is Cc1ccc(F)c(C(O)c2sccc2Cl)c1. The molecule has 1 aromatic carbocycles. The fourth-order valence-corrected chi connectivity index (χ4v) is 2.68. The van der Waals surface area contributed by atoms with Crippen LogP contribution >= 0.6 is 22.9 Å². The Labute approximate surface area is 102 Å². The van der Waals surface area contributed by atoms with Crippen molar-refractivity contribution in [3.63, 3.8) is 0 Å². The molecule has 16 heavy (non-hydrogen) atoms. The van der Waals surface area contributed by atoms with Crippen molar-refractivity contribution in [3.8, 4) is 0 Å². The van der Waals surface area contributed by atoms with Crippen LogP contribution in [-0.2, 0) is 0 Å². The summed E-state index contributed by atoms with van der Waals surface area (Å²) in [5, 5.41) is 12.3. The van der Waals surface area contributed by atoms with Gasteiger partial charge in [0.15, 0.2) is 0 Å². The fourth-order valence-electron chi connectivity index (χ4n) is 1.51. The fraction of sp³-hybridized carbons (Fsp3) is 0.167. The zero-order valence-corrected chi connectivity index (χ0v) is 10.1. The molecule has 1 atom stereocenters. The highest BCUT2D eigenvalue weighted by Crippen LogP contribution is 2.33. The van der Waals surface area contributed by atoms with E-state index in [1.807, 2.05) is 6.92 Å². The highest BCUT2D eigenvalue weighted by molar-refractivity contribution is 7.10. The minimum Gasteiger partial charge on any atom is -0.383 e. The monoisotopic (exact) mass is 256 g/mol. The summed E-state index contributed by atoms with van der Waals surface area (Å²) < 4.78 is 13.5. The molecular formula is C12H10ClFOS. The average molecular weight is 257 g/mol. The van der Waals surface area contributed by atoms with E-state index in [-0.39, 0.29) is 5.56 Å². The number of aryl methyl sites for hydroxylation is 1. The molecule has 0 saturated heterocycles. The van der Waals surface area contributed by atoms with E-state index in [1.54, 1.807) is 23.6 Å². The van der Waals surface area contributed by atoms with Crippen molar-refractivity contribution in [2.24, 2.45) is 0 Å². The lowest BCUT2D eigenvalue weighted by atomic mass is 10.0. The number of benzene rings is 1. The van der Waals surface area contributed by atoms with Crippen molar-refractivity contribution in [2.45, 2.75) is 13.0 Å². The molecule has 2 aromatic rings. The second kappa shape index (κ2) is 4.53. The summed E-state index contributed by atoms with van der Waals surface area (Å²) in [5.74, 6) is -0.414. The second-order valence-electron chi connectivity index (χ2n) is 3.56. The first-order valence-corrected chi connectivity index (χ1v) is 6.02. The van der Waals surface area contributed by atoms with Crippen molar-refractivity contribution in [1.82, 2.24) is 0 Å². The molecule has 1 heterocycles. The molecule has 0 fully saturated rings. The van der Waals surface area contributed by atoms with Crippen LogP contribution in [0.25, 0.3) is 0 Å². The molecule has 0 radical (unpaired) electrons. The third kappa shape index (κ3) is 2.12. The minimum absolute atomic E-state index is 0.268. The number of halogens is 2. The van der Waals surface area contributed by atoms with Crippen molar-refractivity contribution >= 4 is 22.9 Å². The summed E-state index contributed by atoms with van der Waals surface area (Å²) in [7, 11) is 0. The predicted octanol–water partition coefficient (Wildman–Crippen LogP) is 3.93. The molecule has 0 bridgehead atoms. The highest BCUT2D eigenvalue weighted by Gasteiger charge is 2.18. The minimum atomic E-state index is -0.993. The van der Waals surface area contributed by atoms with Gasteiger partial charge in [-0.2, -0.15) is 0 Å². The maximum Gasteiger partial charge on any atom is 0.129 e. The van der Waals surface area contributed by atoms with Gasteiger partial charge in [-0.25, -0.2) is 4.39 Å². The first-order valence-electron chi connectivity index (χ1n) is 4.76. The van der Waals surface area contributed by atoms with Crippen LogP contribution in [0.5, 0.6) is 0 Å². The van der Waals surface area contributed by atoms with E-state index in [1.165, 1.54) is 17.4 Å². The maximum atomic E-state index is 13.5. The van der Waals surface area contributed by atoms with E-state index in [0.717, 1.165) is 5.56 Å². The summed E-state index contributed by atoms with van der Waals surface area (Å²) in [6, 6.07) is 6.35. The van der Waals surface area contributed by atoms with Crippen LogP contribution in [0.4, 0.5) is 4.39 Å². The summed E-state index contributed by atoms with van der Waals surface area (Å²) in [6.45, 7) is 1.85. The third-order valence-corrected chi connectivity index (χ3v) is 3.75. The molecule has 0 aliphatic heterocycles. The highest BCUT2D eigenvalue weighted by atomic mass is 35.5. The lowest BCUT2D eigenvalue weighted by Gasteiger charge is -2.11. The molecule has 0 spiro atoms. The Morgan fingerprint density at radius 3 is 2.75 bits per heavy atom. The largest absolute Gasteiger partial charge is 0.383 e. The molecule has 0 saturated carbocycles. The number of aliphatic hydroxyl groups excluding tert-OH is 1. The second-order valence-corrected chi connectivity index (χ2v) is 4.92. The van der Waals surface area contributed by atoms with Gasteiger partial charge in [-0.1, -0.05) is 29.3 Å². The molecule has 1 unspecified atom stereocenters. The number of thiophene rings is 1. The van der Waals surface area contributed by atoms with E-state index < -0.39 is 11.9 Å². The van der Waals surface area contributed by atoms with Crippen LogP contribution in [-0.4, -0.2) is 5.11 Å². The molecule has 4 heteroatoms. The lowest BCUT2D eigenvalue weighted by Crippen LogP contribution is -2.01. The summed E-state index contributed by atoms with van der Waals surface area (Å²) in [4.78, 5) is 0.575. The van der Waals surface area contributed by atoms with Gasteiger partial charge in [0, 0.05) is 5.56 Å². The molecule has 84 valence electrons. The van der Waals surface area contributed by atoms with Gasteiger partial charge in [-0.3, -0.25) is 0 Å². The molecule has 1 nitrogen and oxygen atoms in total. The van der Waals surface area contributed by atoms with Crippen LogP contribution in [0.15, 0.2) is 29.6 Å². The quantitative estimate of drug-likeness (QED) is 0.863. The van der Waals surface area contributed by atoms with Gasteiger partial charge in [0.1, 0.15) is 11.9 Å². The van der Waals surface area contributed by atoms with Gasteiger partial charge in [0.05, 0.1) is 9.90 Å². The Bertz CT molecular complexity index is 509. The van der Waals surface area contributed by atoms with Crippen LogP contribution < -0.4 is 0 Å². The van der Waals surface area contributed by atoms with Gasteiger partial charge < -0.3 is 5.11 Å². The summed E-state index contributed by atoms with van der Waals surface area (Å²) in [5.41, 5.74) is 1.17. The predicted molar refractivity (Wildman–Crippen MR) is 64.5 cm³/mol. The van der Waals surface area contributed by atoms with Crippen LogP contribution in [0.2, 0.25) is 5.02 Å². The first-order chi connectivity index (χ1) is 7.59. The van der Waals surface area contributed by atoms with Crippen molar-refractivity contribution < 1.29 is 9.50 Å². The van der Waals surface area contributed by atoms with E-state index in [0.29, 0.717) is 9.90 Å². The Morgan fingerprint density at radius 2 is 2.12 bits per heavy atom. The lowest BCUT2D eigenvalue weighted by molar-refractivity contribution is 0.219. The van der Waals surface area contributed by atoms with E-state index in [2.05, 4.69) is 0 Å². The van der Waals surface area contributed by atoms with Gasteiger partial charge in [0.2, 0.25) is 0 Å². The first kappa shape index (κ1) is 11.6. The molecule has 0 aliphatic carbocycles. The normalized spacial score (nSPS) is 12.8. The smallest absolute Gasteiger partial charge is 0.129 e. The van der Waals surface area contributed by atoms with Gasteiger partial charge in [0.25, 0.3) is 0 Å². The molecule has 0 amide bonds. The number of hydrogen-bond donors (Lipinski definition) is 1. The number of rotatable bonds is 2. The van der Waals surface area contributed by atoms with Gasteiger partial charge >= 0.3 is 0 Å². The third-order valence-electron chi connectivity index (χ3n) is 2.34. The van der Waals surface area contributed by atoms with Crippen LogP contribution in [0.3, 0.4) is 0 Å².